The maximum atomic E-state index is 2.44. The second-order valence-electron chi connectivity index (χ2n) is 4.49. The van der Waals surface area contributed by atoms with Crippen LogP contribution in [0.2, 0.25) is 0 Å². The van der Waals surface area contributed by atoms with E-state index >= 15 is 0 Å². The van der Waals surface area contributed by atoms with Gasteiger partial charge in [0.1, 0.15) is 0 Å². The van der Waals surface area contributed by atoms with E-state index in [0.29, 0.717) is 0 Å². The second-order valence-corrected chi connectivity index (χ2v) is 10.1. The van der Waals surface area contributed by atoms with E-state index in [2.05, 4.69) is 33.8 Å². The third kappa shape index (κ3) is 8.43. The zero-order valence-corrected chi connectivity index (χ0v) is 8.49. The summed E-state index contributed by atoms with van der Waals surface area (Å²) in [4.78, 5) is 0. The van der Waals surface area contributed by atoms with Crippen molar-refractivity contribution in [1.82, 2.24) is 0 Å². The van der Waals surface area contributed by atoms with Crippen molar-refractivity contribution in [3.05, 3.63) is 0 Å². The zero-order chi connectivity index (χ0) is 7.49. The zero-order valence-electron chi connectivity index (χ0n) is 7.49. The van der Waals surface area contributed by atoms with Gasteiger partial charge in [-0.1, -0.05) is 0 Å². The van der Waals surface area contributed by atoms with E-state index in [-0.39, 0.29) is 0 Å². The molecule has 0 unspecified atom stereocenters. The molecule has 0 aliphatic carbocycles. The first kappa shape index (κ1) is 9.43. The minimum atomic E-state index is -0.720. The van der Waals surface area contributed by atoms with Gasteiger partial charge in [-0.25, -0.2) is 0 Å². The molecular formula is C8H21P. The van der Waals surface area contributed by atoms with Gasteiger partial charge in [0.25, 0.3) is 0 Å². The van der Waals surface area contributed by atoms with E-state index in [0.717, 1.165) is 5.92 Å². The normalized spacial score (nSPS) is 14.4. The fourth-order valence-corrected chi connectivity index (χ4v) is 2.17. The van der Waals surface area contributed by atoms with E-state index in [1.54, 1.807) is 0 Å². The van der Waals surface area contributed by atoms with Gasteiger partial charge in [0.2, 0.25) is 0 Å². The van der Waals surface area contributed by atoms with E-state index in [1.165, 1.54) is 12.6 Å². The summed E-state index contributed by atoms with van der Waals surface area (Å²) in [5.74, 6) is 0.900. The summed E-state index contributed by atoms with van der Waals surface area (Å²) in [5.41, 5.74) is 0. The Morgan fingerprint density at radius 1 is 1.11 bits per heavy atom. The van der Waals surface area contributed by atoms with Gasteiger partial charge in [-0.15, -0.1) is 0 Å². The van der Waals surface area contributed by atoms with Gasteiger partial charge < -0.3 is 0 Å². The standard InChI is InChI=1S/C8H21P/c1-8(2)6-7-9(3,4)5/h8-9H,6-7H2,1-5H3. The summed E-state index contributed by atoms with van der Waals surface area (Å²) in [6.45, 7) is 11.9. The van der Waals surface area contributed by atoms with Crippen molar-refractivity contribution in [2.75, 3.05) is 26.2 Å². The Kier molecular flexibility index (Phi) is 3.73. The average molecular weight is 148 g/mol. The Morgan fingerprint density at radius 3 is 1.67 bits per heavy atom. The molecule has 0 aromatic heterocycles. The molecule has 0 atom stereocenters. The van der Waals surface area contributed by atoms with E-state index in [9.17, 15) is 0 Å². The Morgan fingerprint density at radius 2 is 1.56 bits per heavy atom. The SMILES string of the molecule is CC(C)CC[PH](C)(C)C. The predicted molar refractivity (Wildman–Crippen MR) is 50.4 cm³/mol. The van der Waals surface area contributed by atoms with Crippen LogP contribution >= 0.6 is 7.26 Å². The predicted octanol–water partition coefficient (Wildman–Crippen LogP) is 2.67. The molecule has 0 saturated heterocycles. The van der Waals surface area contributed by atoms with Crippen molar-refractivity contribution in [3.63, 3.8) is 0 Å². The Bertz CT molecular complexity index is 69.1. The molecule has 9 heavy (non-hydrogen) atoms. The first-order chi connectivity index (χ1) is 3.92. The summed E-state index contributed by atoms with van der Waals surface area (Å²) < 4.78 is 0. The van der Waals surface area contributed by atoms with Crippen LogP contribution in [0.25, 0.3) is 0 Å². The van der Waals surface area contributed by atoms with Gasteiger partial charge >= 0.3 is 59.6 Å². The number of hydrogen-bond donors (Lipinski definition) is 0. The van der Waals surface area contributed by atoms with Gasteiger partial charge in [0.05, 0.1) is 0 Å². The molecule has 0 aliphatic heterocycles. The summed E-state index contributed by atoms with van der Waals surface area (Å²) in [5, 5.41) is 0. The molecular weight excluding hydrogens is 127 g/mol. The molecule has 0 bridgehead atoms. The Hall–Kier alpha value is 0.430. The first-order valence-electron chi connectivity index (χ1n) is 3.92. The van der Waals surface area contributed by atoms with Crippen molar-refractivity contribution < 1.29 is 0 Å². The van der Waals surface area contributed by atoms with E-state index < -0.39 is 7.26 Å². The summed E-state index contributed by atoms with van der Waals surface area (Å²) in [6, 6.07) is 0. The van der Waals surface area contributed by atoms with Crippen molar-refractivity contribution in [2.45, 2.75) is 20.3 Å². The molecule has 0 aliphatic rings. The minimum absolute atomic E-state index is 0.720. The monoisotopic (exact) mass is 148 g/mol. The topological polar surface area (TPSA) is 0 Å². The molecule has 0 radical (unpaired) electrons. The third-order valence-corrected chi connectivity index (χ3v) is 3.26. The van der Waals surface area contributed by atoms with Gasteiger partial charge in [-0.2, -0.15) is 0 Å². The molecule has 0 spiro atoms. The fraction of sp³-hybridized carbons (Fsp3) is 1.00. The Labute approximate surface area is 60.4 Å². The fourth-order valence-electron chi connectivity index (χ4n) is 0.722. The van der Waals surface area contributed by atoms with Crippen LogP contribution in [0.3, 0.4) is 0 Å². The molecule has 0 aromatic rings. The first-order valence-corrected chi connectivity index (χ1v) is 7.62. The van der Waals surface area contributed by atoms with Crippen LogP contribution < -0.4 is 0 Å². The number of hydrogen-bond acceptors (Lipinski definition) is 0. The maximum absolute atomic E-state index is 2.44. The quantitative estimate of drug-likeness (QED) is 0.540. The average Bonchev–Trinajstić information content (AvgIpc) is 1.59. The van der Waals surface area contributed by atoms with Crippen LogP contribution in [0.1, 0.15) is 20.3 Å². The van der Waals surface area contributed by atoms with Crippen LogP contribution in [0.15, 0.2) is 0 Å². The van der Waals surface area contributed by atoms with Crippen molar-refractivity contribution in [3.8, 4) is 0 Å². The van der Waals surface area contributed by atoms with Crippen molar-refractivity contribution in [1.29, 1.82) is 0 Å². The molecule has 0 N–H and O–H groups in total. The van der Waals surface area contributed by atoms with Gasteiger partial charge in [-0.05, 0) is 0 Å². The third-order valence-electron chi connectivity index (χ3n) is 1.47. The summed E-state index contributed by atoms with van der Waals surface area (Å²) in [6.07, 6.45) is 2.92. The molecule has 0 amide bonds. The van der Waals surface area contributed by atoms with Crippen molar-refractivity contribution in [2.24, 2.45) is 5.92 Å². The molecule has 0 nitrogen and oxygen atoms in total. The van der Waals surface area contributed by atoms with Crippen LogP contribution in [-0.2, 0) is 0 Å². The van der Waals surface area contributed by atoms with Crippen LogP contribution in [0.4, 0.5) is 0 Å². The molecule has 58 valence electrons. The number of rotatable bonds is 3. The molecule has 0 saturated carbocycles. The van der Waals surface area contributed by atoms with E-state index in [4.69, 9.17) is 0 Å². The van der Waals surface area contributed by atoms with Gasteiger partial charge in [0, 0.05) is 0 Å². The molecule has 1 heteroatoms. The summed E-state index contributed by atoms with van der Waals surface area (Å²) >= 11 is 0. The Balaban J connectivity index is 3.28. The van der Waals surface area contributed by atoms with Crippen LogP contribution in [0.5, 0.6) is 0 Å². The molecule has 0 aromatic carbocycles. The molecule has 0 heterocycles. The van der Waals surface area contributed by atoms with Crippen molar-refractivity contribution >= 4 is 7.26 Å². The van der Waals surface area contributed by atoms with Gasteiger partial charge in [0.15, 0.2) is 0 Å². The van der Waals surface area contributed by atoms with Crippen LogP contribution in [-0.4, -0.2) is 26.2 Å². The summed E-state index contributed by atoms with van der Waals surface area (Å²) in [7, 11) is -0.720. The molecule has 0 rings (SSSR count). The second kappa shape index (κ2) is 3.56. The van der Waals surface area contributed by atoms with E-state index in [1.807, 2.05) is 0 Å². The van der Waals surface area contributed by atoms with Crippen LogP contribution in [0, 0.1) is 5.92 Å². The molecule has 0 fully saturated rings. The van der Waals surface area contributed by atoms with Gasteiger partial charge in [-0.3, -0.25) is 0 Å².